The summed E-state index contributed by atoms with van der Waals surface area (Å²) in [6.45, 7) is 0. The van der Waals surface area contributed by atoms with Crippen LogP contribution in [0.3, 0.4) is 0 Å². The van der Waals surface area contributed by atoms with Crippen molar-refractivity contribution in [2.45, 2.75) is 5.16 Å². The van der Waals surface area contributed by atoms with E-state index in [1.165, 1.54) is 16.3 Å². The number of benzene rings is 1. The van der Waals surface area contributed by atoms with Gasteiger partial charge in [-0.3, -0.25) is 9.36 Å². The lowest BCUT2D eigenvalue weighted by molar-refractivity contribution is 0.324. The molecule has 3 aromatic rings. The minimum absolute atomic E-state index is 0.122. The molecule has 7 nitrogen and oxygen atoms in total. The number of fused-ring (bicyclic) bond motifs is 1. The first-order valence-corrected chi connectivity index (χ1v) is 8.98. The van der Waals surface area contributed by atoms with E-state index in [1.807, 2.05) is 18.4 Å². The molecule has 0 bridgehead atoms. The van der Waals surface area contributed by atoms with Crippen LogP contribution in [0.4, 0.5) is 0 Å². The summed E-state index contributed by atoms with van der Waals surface area (Å²) < 4.78 is 17.7. The highest BCUT2D eigenvalue weighted by molar-refractivity contribution is 7.98. The third-order valence-electron chi connectivity index (χ3n) is 4.04. The summed E-state index contributed by atoms with van der Waals surface area (Å²) >= 11 is 1.40. The summed E-state index contributed by atoms with van der Waals surface area (Å²) in [5.41, 5.74) is 1.71. The predicted octanol–water partition coefficient (Wildman–Crippen LogP) is 2.74. The molecule has 136 valence electrons. The topological polar surface area (TPSA) is 75.5 Å². The van der Waals surface area contributed by atoms with Gasteiger partial charge in [0, 0.05) is 12.6 Å². The monoisotopic (exact) mass is 373 g/mol. The fourth-order valence-electron chi connectivity index (χ4n) is 2.71. The number of methoxy groups -OCH3 is 3. The van der Waals surface area contributed by atoms with Crippen LogP contribution in [-0.2, 0) is 7.05 Å². The van der Waals surface area contributed by atoms with Gasteiger partial charge in [-0.1, -0.05) is 11.8 Å². The summed E-state index contributed by atoms with van der Waals surface area (Å²) in [5, 5.41) is 1.08. The molecule has 0 fully saturated rings. The molecule has 0 unspecified atom stereocenters. The maximum atomic E-state index is 12.5. The maximum absolute atomic E-state index is 12.5. The Kier molecular flexibility index (Phi) is 5.03. The molecule has 0 N–H and O–H groups in total. The zero-order chi connectivity index (χ0) is 18.8. The van der Waals surface area contributed by atoms with E-state index in [0.29, 0.717) is 39.1 Å². The number of nitrogens with zero attached hydrogens (tertiary/aromatic N) is 3. The average molecular weight is 373 g/mol. The first-order chi connectivity index (χ1) is 12.5. The van der Waals surface area contributed by atoms with Gasteiger partial charge in [0.25, 0.3) is 5.56 Å². The highest BCUT2D eigenvalue weighted by Crippen LogP contribution is 2.40. The third-order valence-corrected chi connectivity index (χ3v) is 4.77. The molecule has 0 aliphatic heterocycles. The Labute approximate surface area is 154 Å². The van der Waals surface area contributed by atoms with E-state index in [-0.39, 0.29) is 5.56 Å². The Morgan fingerprint density at radius 2 is 1.65 bits per heavy atom. The van der Waals surface area contributed by atoms with Crippen LogP contribution in [-0.4, -0.2) is 42.1 Å². The number of rotatable bonds is 5. The van der Waals surface area contributed by atoms with Gasteiger partial charge in [-0.15, -0.1) is 0 Å². The minimum atomic E-state index is -0.122. The third kappa shape index (κ3) is 2.96. The zero-order valence-electron chi connectivity index (χ0n) is 15.2. The maximum Gasteiger partial charge on any atom is 0.263 e. The van der Waals surface area contributed by atoms with Crippen LogP contribution in [0, 0.1) is 0 Å². The van der Waals surface area contributed by atoms with Crippen LogP contribution in [0.15, 0.2) is 34.2 Å². The van der Waals surface area contributed by atoms with Gasteiger partial charge in [-0.2, -0.15) is 0 Å². The smallest absolute Gasteiger partial charge is 0.263 e. The van der Waals surface area contributed by atoms with Crippen LogP contribution >= 0.6 is 11.8 Å². The van der Waals surface area contributed by atoms with Crippen molar-refractivity contribution < 1.29 is 14.2 Å². The zero-order valence-corrected chi connectivity index (χ0v) is 16.0. The van der Waals surface area contributed by atoms with E-state index in [2.05, 4.69) is 9.97 Å². The van der Waals surface area contributed by atoms with E-state index < -0.39 is 0 Å². The van der Waals surface area contributed by atoms with Gasteiger partial charge in [-0.05, 0) is 30.5 Å². The minimum Gasteiger partial charge on any atom is -0.493 e. The number of hydrogen-bond donors (Lipinski definition) is 0. The number of pyridine rings is 1. The highest BCUT2D eigenvalue weighted by Gasteiger charge is 2.16. The molecule has 0 saturated carbocycles. The molecule has 2 aromatic heterocycles. The molecule has 8 heteroatoms. The summed E-state index contributed by atoms with van der Waals surface area (Å²) in [5.74, 6) is 1.58. The van der Waals surface area contributed by atoms with Crippen LogP contribution in [0.5, 0.6) is 17.2 Å². The normalized spacial score (nSPS) is 10.8. The fraction of sp³-hybridized carbons (Fsp3) is 0.278. The van der Waals surface area contributed by atoms with E-state index in [9.17, 15) is 4.79 Å². The van der Waals surface area contributed by atoms with Crippen molar-refractivity contribution in [1.82, 2.24) is 14.5 Å². The molecular formula is C18H19N3O4S. The molecule has 3 rings (SSSR count). The lowest BCUT2D eigenvalue weighted by Crippen LogP contribution is -2.20. The Bertz CT molecular complexity index is 1010. The fourth-order valence-corrected chi connectivity index (χ4v) is 3.24. The molecule has 0 atom stereocenters. The molecular weight excluding hydrogens is 354 g/mol. The van der Waals surface area contributed by atoms with E-state index in [4.69, 9.17) is 14.2 Å². The molecule has 2 heterocycles. The van der Waals surface area contributed by atoms with Crippen LogP contribution in [0.1, 0.15) is 0 Å². The Hall–Kier alpha value is -2.74. The van der Waals surface area contributed by atoms with E-state index in [1.54, 1.807) is 40.5 Å². The second-order valence-electron chi connectivity index (χ2n) is 5.44. The van der Waals surface area contributed by atoms with E-state index >= 15 is 0 Å². The standard InChI is InChI=1S/C18H19N3O4S/c1-21-17(22)11-6-7-12(19-16(11)20-18(21)26-5)10-8-13(23-2)15(25-4)14(9-10)24-3/h6-9H,1-5H3. The van der Waals surface area contributed by atoms with Gasteiger partial charge in [0.2, 0.25) is 5.75 Å². The Morgan fingerprint density at radius 3 is 2.19 bits per heavy atom. The summed E-state index contributed by atoms with van der Waals surface area (Å²) in [6, 6.07) is 7.14. The Morgan fingerprint density at radius 1 is 1.00 bits per heavy atom. The van der Waals surface area contributed by atoms with Crippen molar-refractivity contribution in [2.75, 3.05) is 27.6 Å². The van der Waals surface area contributed by atoms with Crippen molar-refractivity contribution in [3.05, 3.63) is 34.6 Å². The van der Waals surface area contributed by atoms with Crippen molar-refractivity contribution in [3.63, 3.8) is 0 Å². The van der Waals surface area contributed by atoms with Crippen molar-refractivity contribution >= 4 is 22.8 Å². The molecule has 0 aliphatic rings. The van der Waals surface area contributed by atoms with Crippen LogP contribution in [0.2, 0.25) is 0 Å². The first kappa shape index (κ1) is 18.1. The van der Waals surface area contributed by atoms with Gasteiger partial charge in [-0.25, -0.2) is 9.97 Å². The first-order valence-electron chi connectivity index (χ1n) is 7.76. The average Bonchev–Trinajstić information content (AvgIpc) is 2.68. The summed E-state index contributed by atoms with van der Waals surface area (Å²) in [4.78, 5) is 21.5. The van der Waals surface area contributed by atoms with Crippen molar-refractivity contribution in [2.24, 2.45) is 7.05 Å². The van der Waals surface area contributed by atoms with Gasteiger partial charge < -0.3 is 14.2 Å². The molecule has 0 spiro atoms. The molecule has 0 saturated heterocycles. The number of ether oxygens (including phenoxy) is 3. The predicted molar refractivity (Wildman–Crippen MR) is 102 cm³/mol. The van der Waals surface area contributed by atoms with Gasteiger partial charge in [0.05, 0.1) is 32.4 Å². The SMILES string of the molecule is COc1cc(-c2ccc3c(=O)n(C)c(SC)nc3n2)cc(OC)c1OC. The molecule has 1 aromatic carbocycles. The van der Waals surface area contributed by atoms with Crippen LogP contribution in [0.25, 0.3) is 22.3 Å². The van der Waals surface area contributed by atoms with Crippen LogP contribution < -0.4 is 19.8 Å². The van der Waals surface area contributed by atoms with Gasteiger partial charge >= 0.3 is 0 Å². The number of thioether (sulfide) groups is 1. The molecule has 0 amide bonds. The molecule has 26 heavy (non-hydrogen) atoms. The van der Waals surface area contributed by atoms with Gasteiger partial charge in [0.1, 0.15) is 0 Å². The second kappa shape index (κ2) is 7.25. The van der Waals surface area contributed by atoms with Gasteiger partial charge in [0.15, 0.2) is 22.3 Å². The molecule has 0 aliphatic carbocycles. The quantitative estimate of drug-likeness (QED) is 0.503. The lowest BCUT2D eigenvalue weighted by atomic mass is 10.1. The highest BCUT2D eigenvalue weighted by atomic mass is 32.2. The summed E-state index contributed by atoms with van der Waals surface area (Å²) in [6.07, 6.45) is 1.87. The summed E-state index contributed by atoms with van der Waals surface area (Å²) in [7, 11) is 6.38. The van der Waals surface area contributed by atoms with E-state index in [0.717, 1.165) is 5.56 Å². The second-order valence-corrected chi connectivity index (χ2v) is 6.22. The lowest BCUT2D eigenvalue weighted by Gasteiger charge is -2.14. The largest absolute Gasteiger partial charge is 0.493 e. The van der Waals surface area contributed by atoms with Crippen molar-refractivity contribution in [1.29, 1.82) is 0 Å². The number of hydrogen-bond acceptors (Lipinski definition) is 7. The molecule has 0 radical (unpaired) electrons. The number of aromatic nitrogens is 3. The van der Waals surface area contributed by atoms with Crippen molar-refractivity contribution in [3.8, 4) is 28.5 Å². The Balaban J connectivity index is 2.23.